The smallest absolute Gasteiger partial charge is 0.245 e. The Bertz CT molecular complexity index is 1060. The number of hydrogen-bond donors (Lipinski definition) is 2. The van der Waals surface area contributed by atoms with Gasteiger partial charge in [-0.15, -0.1) is 10.2 Å². The molecule has 7 nitrogen and oxygen atoms in total. The van der Waals surface area contributed by atoms with E-state index in [2.05, 4.69) is 25.5 Å². The predicted molar refractivity (Wildman–Crippen MR) is 108 cm³/mol. The molecule has 2 aliphatic rings. The number of nitrogens with zero attached hydrogens (tertiary/aromatic N) is 5. The molecule has 2 bridgehead atoms. The molecule has 5 rings (SSSR count). The van der Waals surface area contributed by atoms with Gasteiger partial charge >= 0.3 is 0 Å². The molecule has 8 heteroatoms. The number of benzene rings is 1. The average molecular weight is 394 g/mol. The van der Waals surface area contributed by atoms with Crippen LogP contribution in [0, 0.1) is 0 Å². The van der Waals surface area contributed by atoms with Crippen LogP contribution < -0.4 is 10.2 Å². The SMILES string of the molecule is CN(c1ncc(-c2cc3ccncc3cc2O)nn1)[C@H]1CC2CC[C@@](C)(N2)[C@@H]1F. The van der Waals surface area contributed by atoms with E-state index in [4.69, 9.17) is 0 Å². The number of phenolic OH excluding ortho intramolecular Hbond substituents is 1. The summed E-state index contributed by atoms with van der Waals surface area (Å²) in [5.74, 6) is 0.477. The third-order valence-electron chi connectivity index (χ3n) is 6.41. The van der Waals surface area contributed by atoms with Crippen LogP contribution in [0.15, 0.2) is 36.8 Å². The van der Waals surface area contributed by atoms with Crippen molar-refractivity contribution in [1.82, 2.24) is 25.5 Å². The number of phenols is 1. The summed E-state index contributed by atoms with van der Waals surface area (Å²) in [5.41, 5.74) is 0.530. The summed E-state index contributed by atoms with van der Waals surface area (Å²) in [6.07, 6.45) is 6.52. The second kappa shape index (κ2) is 6.59. The average Bonchev–Trinajstić information content (AvgIpc) is 3.07. The Morgan fingerprint density at radius 3 is 2.90 bits per heavy atom. The third kappa shape index (κ3) is 2.98. The van der Waals surface area contributed by atoms with Crippen LogP contribution in [0.4, 0.5) is 10.3 Å². The number of hydrogen-bond acceptors (Lipinski definition) is 7. The van der Waals surface area contributed by atoms with Crippen LogP contribution in [0.1, 0.15) is 26.2 Å². The molecule has 150 valence electrons. The maximum atomic E-state index is 15.2. The summed E-state index contributed by atoms with van der Waals surface area (Å²) in [6.45, 7) is 1.96. The van der Waals surface area contributed by atoms with Gasteiger partial charge in [-0.1, -0.05) is 0 Å². The second-order valence-corrected chi connectivity index (χ2v) is 8.35. The molecular weight excluding hydrogens is 371 g/mol. The highest BCUT2D eigenvalue weighted by Crippen LogP contribution is 2.40. The van der Waals surface area contributed by atoms with Gasteiger partial charge in [-0.3, -0.25) is 4.98 Å². The van der Waals surface area contributed by atoms with Crippen LogP contribution in [0.3, 0.4) is 0 Å². The molecule has 1 aromatic carbocycles. The molecular formula is C21H23FN6O. The zero-order valence-corrected chi connectivity index (χ0v) is 16.4. The molecule has 0 aliphatic carbocycles. The second-order valence-electron chi connectivity index (χ2n) is 8.35. The first kappa shape index (κ1) is 18.2. The van der Waals surface area contributed by atoms with E-state index in [1.54, 1.807) is 29.6 Å². The van der Waals surface area contributed by atoms with Crippen LogP contribution >= 0.6 is 0 Å². The van der Waals surface area contributed by atoms with Gasteiger partial charge in [0, 0.05) is 42.0 Å². The molecule has 0 spiro atoms. The summed E-state index contributed by atoms with van der Waals surface area (Å²) < 4.78 is 15.2. The van der Waals surface area contributed by atoms with Crippen molar-refractivity contribution in [1.29, 1.82) is 0 Å². The summed E-state index contributed by atoms with van der Waals surface area (Å²) in [6, 6.07) is 5.40. The molecule has 0 radical (unpaired) electrons. The van der Waals surface area contributed by atoms with E-state index in [1.165, 1.54) is 0 Å². The molecule has 4 heterocycles. The Labute approximate surface area is 168 Å². The summed E-state index contributed by atoms with van der Waals surface area (Å²) in [7, 11) is 1.82. The number of halogens is 1. The van der Waals surface area contributed by atoms with Crippen LogP contribution in [-0.2, 0) is 0 Å². The number of aromatic hydroxyl groups is 1. The summed E-state index contributed by atoms with van der Waals surface area (Å²) in [5, 5.41) is 24.1. The highest BCUT2D eigenvalue weighted by Gasteiger charge is 2.51. The molecule has 0 amide bonds. The largest absolute Gasteiger partial charge is 0.507 e. The zero-order chi connectivity index (χ0) is 20.2. The molecule has 2 N–H and O–H groups in total. The molecule has 2 fully saturated rings. The van der Waals surface area contributed by atoms with Crippen molar-refractivity contribution < 1.29 is 9.50 Å². The molecule has 29 heavy (non-hydrogen) atoms. The minimum atomic E-state index is -1.01. The number of fused-ring (bicyclic) bond motifs is 3. The van der Waals surface area contributed by atoms with Gasteiger partial charge in [0.05, 0.1) is 12.2 Å². The van der Waals surface area contributed by atoms with E-state index in [9.17, 15) is 5.11 Å². The molecule has 0 saturated carbocycles. The Balaban J connectivity index is 1.43. The maximum Gasteiger partial charge on any atom is 0.245 e. The fourth-order valence-electron chi connectivity index (χ4n) is 4.70. The topological polar surface area (TPSA) is 87.1 Å². The zero-order valence-electron chi connectivity index (χ0n) is 16.4. The van der Waals surface area contributed by atoms with E-state index in [0.29, 0.717) is 23.2 Å². The van der Waals surface area contributed by atoms with Gasteiger partial charge in [0.2, 0.25) is 5.95 Å². The lowest BCUT2D eigenvalue weighted by Gasteiger charge is -2.43. The summed E-state index contributed by atoms with van der Waals surface area (Å²) >= 11 is 0. The number of rotatable bonds is 3. The Morgan fingerprint density at radius 1 is 1.24 bits per heavy atom. The fourth-order valence-corrected chi connectivity index (χ4v) is 4.70. The van der Waals surface area contributed by atoms with Crippen molar-refractivity contribution >= 4 is 16.7 Å². The number of aromatic nitrogens is 4. The molecule has 2 aromatic heterocycles. The first-order valence-corrected chi connectivity index (χ1v) is 9.86. The van der Waals surface area contributed by atoms with E-state index >= 15 is 4.39 Å². The van der Waals surface area contributed by atoms with Crippen LogP contribution in [0.2, 0.25) is 0 Å². The fraction of sp³-hybridized carbons (Fsp3) is 0.429. The van der Waals surface area contributed by atoms with E-state index in [1.807, 2.05) is 26.1 Å². The minimum Gasteiger partial charge on any atom is -0.507 e. The van der Waals surface area contributed by atoms with Crippen molar-refractivity contribution in [2.75, 3.05) is 11.9 Å². The van der Waals surface area contributed by atoms with E-state index in [0.717, 1.165) is 30.0 Å². The highest BCUT2D eigenvalue weighted by molar-refractivity contribution is 5.89. The lowest BCUT2D eigenvalue weighted by atomic mass is 9.86. The number of pyridine rings is 1. The van der Waals surface area contributed by atoms with Gasteiger partial charge in [-0.2, -0.15) is 0 Å². The van der Waals surface area contributed by atoms with Gasteiger partial charge < -0.3 is 15.3 Å². The Morgan fingerprint density at radius 2 is 2.10 bits per heavy atom. The summed E-state index contributed by atoms with van der Waals surface area (Å²) in [4.78, 5) is 10.3. The lowest BCUT2D eigenvalue weighted by molar-refractivity contribution is 0.111. The monoisotopic (exact) mass is 394 g/mol. The Kier molecular flexibility index (Phi) is 4.13. The van der Waals surface area contributed by atoms with Crippen molar-refractivity contribution in [3.8, 4) is 17.0 Å². The quantitative estimate of drug-likeness (QED) is 0.706. The normalized spacial score (nSPS) is 28.6. The first-order valence-electron chi connectivity index (χ1n) is 9.86. The van der Waals surface area contributed by atoms with Crippen molar-refractivity contribution in [3.05, 3.63) is 36.8 Å². The van der Waals surface area contributed by atoms with Gasteiger partial charge in [0.25, 0.3) is 0 Å². The van der Waals surface area contributed by atoms with E-state index in [-0.39, 0.29) is 11.8 Å². The van der Waals surface area contributed by atoms with Crippen LogP contribution in [0.25, 0.3) is 22.0 Å². The van der Waals surface area contributed by atoms with Gasteiger partial charge in [-0.25, -0.2) is 9.37 Å². The van der Waals surface area contributed by atoms with E-state index < -0.39 is 11.7 Å². The first-order chi connectivity index (χ1) is 13.9. The van der Waals surface area contributed by atoms with Crippen molar-refractivity contribution in [3.63, 3.8) is 0 Å². The minimum absolute atomic E-state index is 0.0920. The third-order valence-corrected chi connectivity index (χ3v) is 6.41. The predicted octanol–water partition coefficient (Wildman–Crippen LogP) is 2.85. The molecule has 1 unspecified atom stereocenters. The van der Waals surface area contributed by atoms with Crippen molar-refractivity contribution in [2.24, 2.45) is 0 Å². The van der Waals surface area contributed by atoms with Crippen LogP contribution in [-0.4, -0.2) is 56.1 Å². The maximum absolute atomic E-state index is 15.2. The standard InChI is InChI=1S/C21H23FN6O/c1-21-5-3-14(25-21)9-17(19(21)22)28(2)20-24-11-16(26-27-20)15-7-12-4-6-23-10-13(12)8-18(15)29/h4,6-8,10-11,14,17,19,25,29H,3,5,9H2,1-2H3/t14?,17-,19+,21+/m0/s1. The van der Waals surface area contributed by atoms with Gasteiger partial charge in [-0.05, 0) is 49.8 Å². The van der Waals surface area contributed by atoms with Crippen LogP contribution in [0.5, 0.6) is 5.75 Å². The number of alkyl halides is 1. The highest BCUT2D eigenvalue weighted by atomic mass is 19.1. The van der Waals surface area contributed by atoms with Gasteiger partial charge in [0.1, 0.15) is 17.6 Å². The van der Waals surface area contributed by atoms with Crippen molar-refractivity contribution in [2.45, 2.75) is 50.0 Å². The number of nitrogens with one attached hydrogen (secondary N) is 1. The van der Waals surface area contributed by atoms with Gasteiger partial charge in [0.15, 0.2) is 0 Å². The molecule has 4 atom stereocenters. The molecule has 2 saturated heterocycles. The Hall–Kier alpha value is -2.87. The molecule has 2 aliphatic heterocycles. The number of piperidine rings is 1. The molecule has 3 aromatic rings. The number of anilines is 1. The lowest BCUT2D eigenvalue weighted by Crippen LogP contribution is -2.62.